The first kappa shape index (κ1) is 35.1. The zero-order valence-electron chi connectivity index (χ0n) is 35.2. The number of nitrogens with zero attached hydrogens (tertiary/aromatic N) is 1. The monoisotopic (exact) mass is 815 g/mol. The van der Waals surface area contributed by atoms with E-state index in [1.165, 1.54) is 126 Å². The SMILES string of the molecule is Cc1ccc2c(c1)[Si]1(c3cc(C)ccc3-2)c2cc(N3c4ccccc4C4(c5ccccc5-c5ccccc54)c4cc(-c5ccccc5)ccc43)ccc2-c2cc3ccccc3cc21. The van der Waals surface area contributed by atoms with Gasteiger partial charge in [-0.05, 0) is 149 Å². The highest BCUT2D eigenvalue weighted by Crippen LogP contribution is 2.63. The Bertz CT molecular complexity index is 3520. The van der Waals surface area contributed by atoms with Crippen molar-refractivity contribution < 1.29 is 0 Å². The molecule has 0 radical (unpaired) electrons. The lowest BCUT2D eigenvalue weighted by Gasteiger charge is -2.45. The largest absolute Gasteiger partial charge is 0.310 e. The Morgan fingerprint density at radius 1 is 0.333 bits per heavy atom. The maximum Gasteiger partial charge on any atom is 0.182 e. The molecule has 0 aromatic heterocycles. The van der Waals surface area contributed by atoms with Crippen LogP contribution in [0.3, 0.4) is 0 Å². The first-order chi connectivity index (χ1) is 31.0. The van der Waals surface area contributed by atoms with Crippen LogP contribution in [0.5, 0.6) is 0 Å². The van der Waals surface area contributed by atoms with E-state index in [9.17, 15) is 0 Å². The molecule has 0 atom stereocenters. The van der Waals surface area contributed by atoms with Crippen LogP contribution < -0.4 is 25.6 Å². The summed E-state index contributed by atoms with van der Waals surface area (Å²) in [6, 6.07) is 81.7. The molecule has 0 saturated carbocycles. The highest BCUT2D eigenvalue weighted by Gasteiger charge is 2.56. The van der Waals surface area contributed by atoms with E-state index in [2.05, 4.69) is 231 Å². The summed E-state index contributed by atoms with van der Waals surface area (Å²) in [7, 11) is -2.82. The van der Waals surface area contributed by atoms with Crippen molar-refractivity contribution in [1.29, 1.82) is 0 Å². The van der Waals surface area contributed by atoms with Gasteiger partial charge in [0.1, 0.15) is 0 Å². The van der Waals surface area contributed by atoms with E-state index in [1.807, 2.05) is 0 Å². The molecule has 3 heterocycles. The minimum Gasteiger partial charge on any atom is -0.310 e. The smallest absolute Gasteiger partial charge is 0.182 e. The van der Waals surface area contributed by atoms with Gasteiger partial charge in [0.15, 0.2) is 8.07 Å². The van der Waals surface area contributed by atoms with Crippen molar-refractivity contribution >= 4 is 56.7 Å². The van der Waals surface area contributed by atoms with Crippen LogP contribution in [-0.4, -0.2) is 8.07 Å². The second kappa shape index (κ2) is 12.5. The maximum absolute atomic E-state index is 2.82. The van der Waals surface area contributed by atoms with Crippen LogP contribution in [0.2, 0.25) is 0 Å². The second-order valence-electron chi connectivity index (χ2n) is 18.1. The average Bonchev–Trinajstić information content (AvgIpc) is 3.90. The Balaban J connectivity index is 1.09. The fourth-order valence-electron chi connectivity index (χ4n) is 12.5. The summed E-state index contributed by atoms with van der Waals surface area (Å²) in [6.45, 7) is 4.54. The van der Waals surface area contributed by atoms with E-state index in [0.717, 1.165) is 0 Å². The Kier molecular flexibility index (Phi) is 6.99. The van der Waals surface area contributed by atoms with Gasteiger partial charge < -0.3 is 4.90 Å². The fraction of sp³-hybridized carbons (Fsp3) is 0.0492. The van der Waals surface area contributed by atoms with E-state index < -0.39 is 13.5 Å². The molecule has 3 aliphatic heterocycles. The van der Waals surface area contributed by atoms with Gasteiger partial charge in [0.25, 0.3) is 0 Å². The fourth-order valence-corrected chi connectivity index (χ4v) is 18.3. The first-order valence-corrected chi connectivity index (χ1v) is 24.2. The quantitative estimate of drug-likeness (QED) is 0.157. The number of anilines is 3. The molecule has 14 rings (SSSR count). The topological polar surface area (TPSA) is 3.24 Å². The first-order valence-electron chi connectivity index (χ1n) is 22.2. The van der Waals surface area contributed by atoms with E-state index in [1.54, 1.807) is 0 Å². The molecule has 0 saturated heterocycles. The Labute approximate surface area is 369 Å². The van der Waals surface area contributed by atoms with Crippen molar-refractivity contribution in [2.45, 2.75) is 19.3 Å². The van der Waals surface area contributed by atoms with Crippen LogP contribution in [0.4, 0.5) is 17.1 Å². The minimum absolute atomic E-state index is 0.512. The van der Waals surface area contributed by atoms with E-state index in [-0.39, 0.29) is 0 Å². The molecule has 2 heteroatoms. The lowest BCUT2D eigenvalue weighted by molar-refractivity contribution is 0.753. The predicted octanol–water partition coefficient (Wildman–Crippen LogP) is 12.6. The highest BCUT2D eigenvalue weighted by atomic mass is 28.3. The number of hydrogen-bond acceptors (Lipinski definition) is 1. The van der Waals surface area contributed by atoms with Gasteiger partial charge in [-0.1, -0.05) is 187 Å². The van der Waals surface area contributed by atoms with Gasteiger partial charge in [0.05, 0.1) is 16.8 Å². The Morgan fingerprint density at radius 3 is 1.56 bits per heavy atom. The van der Waals surface area contributed by atoms with Crippen molar-refractivity contribution in [3.05, 3.63) is 246 Å². The van der Waals surface area contributed by atoms with Gasteiger partial charge in [0.2, 0.25) is 0 Å². The van der Waals surface area contributed by atoms with Crippen LogP contribution in [0.15, 0.2) is 212 Å². The molecule has 0 bridgehead atoms. The average molecular weight is 816 g/mol. The van der Waals surface area contributed by atoms with Gasteiger partial charge in [-0.2, -0.15) is 0 Å². The molecule has 10 aromatic rings. The predicted molar refractivity (Wildman–Crippen MR) is 266 cm³/mol. The molecule has 294 valence electrons. The third kappa shape index (κ3) is 4.41. The normalized spacial score (nSPS) is 14.7. The van der Waals surface area contributed by atoms with Gasteiger partial charge in [-0.15, -0.1) is 0 Å². The van der Waals surface area contributed by atoms with Crippen molar-refractivity contribution in [2.24, 2.45) is 0 Å². The van der Waals surface area contributed by atoms with Crippen LogP contribution in [0.25, 0.3) is 55.3 Å². The van der Waals surface area contributed by atoms with Crippen molar-refractivity contribution in [3.8, 4) is 44.5 Å². The molecule has 0 unspecified atom stereocenters. The Morgan fingerprint density at radius 2 is 0.857 bits per heavy atom. The summed E-state index contributed by atoms with van der Waals surface area (Å²) >= 11 is 0. The van der Waals surface area contributed by atoms with Crippen LogP contribution in [-0.2, 0) is 5.41 Å². The van der Waals surface area contributed by atoms with Crippen molar-refractivity contribution in [1.82, 2.24) is 0 Å². The van der Waals surface area contributed by atoms with Crippen LogP contribution in [0.1, 0.15) is 33.4 Å². The zero-order chi connectivity index (χ0) is 41.6. The second-order valence-corrected chi connectivity index (χ2v) is 21.8. The highest BCUT2D eigenvalue weighted by molar-refractivity contribution is 7.24. The van der Waals surface area contributed by atoms with Gasteiger partial charge in [-0.25, -0.2) is 0 Å². The number of aryl methyl sites for hydroxylation is 2. The number of hydrogen-bond donors (Lipinski definition) is 0. The lowest BCUT2D eigenvalue weighted by atomic mass is 9.64. The van der Waals surface area contributed by atoms with E-state index in [0.29, 0.717) is 0 Å². The summed E-state index contributed by atoms with van der Waals surface area (Å²) in [5, 5.41) is 8.62. The van der Waals surface area contributed by atoms with Gasteiger partial charge in [0, 0.05) is 5.69 Å². The van der Waals surface area contributed by atoms with E-state index >= 15 is 0 Å². The number of benzene rings is 10. The molecular formula is C61H41NSi. The maximum atomic E-state index is 2.62. The summed E-state index contributed by atoms with van der Waals surface area (Å²) in [6.07, 6.45) is 0. The van der Waals surface area contributed by atoms with Crippen LogP contribution in [0, 0.1) is 13.8 Å². The molecule has 0 fully saturated rings. The Hall–Kier alpha value is -7.52. The third-order valence-corrected chi connectivity index (χ3v) is 19.8. The number of rotatable bonds is 2. The molecule has 63 heavy (non-hydrogen) atoms. The molecule has 1 nitrogen and oxygen atoms in total. The molecular weight excluding hydrogens is 775 g/mol. The van der Waals surface area contributed by atoms with Crippen molar-refractivity contribution in [3.63, 3.8) is 0 Å². The molecule has 1 aliphatic carbocycles. The minimum atomic E-state index is -2.82. The lowest BCUT2D eigenvalue weighted by Crippen LogP contribution is -2.70. The van der Waals surface area contributed by atoms with E-state index in [4.69, 9.17) is 0 Å². The summed E-state index contributed by atoms with van der Waals surface area (Å²) in [4.78, 5) is 2.60. The standard InChI is InChI=1S/C61H41NSi/c1-38-24-28-47-48-29-25-39(2)33-58(48)63(57(47)32-38)59-36-42-17-7-6-16-41(42)34-50(59)49-30-27-44(37-60(49)63)62-55-23-13-12-22-53(55)61(51-20-10-8-18-45(51)46-19-9-11-21-52(46)61)54-35-43(26-31-56(54)62)40-14-4-3-5-15-40/h3-37H,1-2H3. The summed E-state index contributed by atoms with van der Waals surface area (Å²) < 4.78 is 0. The molecule has 4 aliphatic rings. The molecule has 10 aromatic carbocycles. The number of para-hydroxylation sites is 1. The molecule has 2 spiro atoms. The number of fused-ring (bicyclic) bond motifs is 20. The summed E-state index contributed by atoms with van der Waals surface area (Å²) in [5.41, 5.74) is 21.7. The van der Waals surface area contributed by atoms with Gasteiger partial charge >= 0.3 is 0 Å². The zero-order valence-corrected chi connectivity index (χ0v) is 36.2. The molecule has 0 amide bonds. The third-order valence-electron chi connectivity index (χ3n) is 14.9. The van der Waals surface area contributed by atoms with Crippen molar-refractivity contribution in [2.75, 3.05) is 4.90 Å². The van der Waals surface area contributed by atoms with Gasteiger partial charge in [-0.3, -0.25) is 0 Å². The van der Waals surface area contributed by atoms with Crippen LogP contribution >= 0.6 is 0 Å². The molecule has 0 N–H and O–H groups in total. The summed E-state index contributed by atoms with van der Waals surface area (Å²) in [5.74, 6) is 0.